The van der Waals surface area contributed by atoms with Gasteiger partial charge in [0.25, 0.3) is 6.29 Å². The van der Waals surface area contributed by atoms with Crippen molar-refractivity contribution in [2.24, 2.45) is 0 Å². The Morgan fingerprint density at radius 3 is 2.30 bits per heavy atom. The third-order valence-electron chi connectivity index (χ3n) is 3.60. The van der Waals surface area contributed by atoms with Gasteiger partial charge in [0.1, 0.15) is 12.2 Å². The van der Waals surface area contributed by atoms with E-state index in [1.54, 1.807) is 30.3 Å². The van der Waals surface area contributed by atoms with Crippen LogP contribution >= 0.6 is 0 Å². The quantitative estimate of drug-likeness (QED) is 0.462. The van der Waals surface area contributed by atoms with Crippen molar-refractivity contribution in [1.29, 1.82) is 0 Å². The number of rotatable bonds is 6. The molecule has 0 saturated carbocycles. The monoisotopic (exact) mass is 370 g/mol. The summed E-state index contributed by atoms with van der Waals surface area (Å²) in [6.45, 7) is 7.51. The maximum atomic E-state index is 12.4. The van der Waals surface area contributed by atoms with Crippen molar-refractivity contribution < 1.29 is 19.1 Å². The van der Waals surface area contributed by atoms with Crippen LogP contribution in [0.5, 0.6) is 5.75 Å². The van der Waals surface area contributed by atoms with Gasteiger partial charge in [-0.25, -0.2) is 4.79 Å². The van der Waals surface area contributed by atoms with Gasteiger partial charge in [-0.2, -0.15) is 0 Å². The number of hydrogen-bond donors (Lipinski definition) is 2. The van der Waals surface area contributed by atoms with Crippen molar-refractivity contribution in [2.75, 3.05) is 5.73 Å². The number of aryl methyl sites for hydroxylation is 1. The minimum absolute atomic E-state index is 0.119. The topological polar surface area (TPSA) is 90.6 Å². The van der Waals surface area contributed by atoms with Crippen molar-refractivity contribution >= 4 is 17.6 Å². The molecule has 0 aliphatic carbocycles. The third-order valence-corrected chi connectivity index (χ3v) is 3.60. The first kappa shape index (κ1) is 20.3. The van der Waals surface area contributed by atoms with Gasteiger partial charge in [-0.15, -0.1) is 0 Å². The van der Waals surface area contributed by atoms with Gasteiger partial charge in [0, 0.05) is 11.2 Å². The first-order chi connectivity index (χ1) is 12.6. The molecule has 0 fully saturated rings. The molecule has 0 spiro atoms. The molecule has 1 unspecified atom stereocenters. The second-order valence-electron chi connectivity index (χ2n) is 7.34. The molecule has 0 heterocycles. The van der Waals surface area contributed by atoms with E-state index >= 15 is 0 Å². The van der Waals surface area contributed by atoms with Gasteiger partial charge in [-0.05, 0) is 63.6 Å². The summed E-state index contributed by atoms with van der Waals surface area (Å²) in [5.41, 5.74) is 7.00. The van der Waals surface area contributed by atoms with Crippen LogP contribution in [0.25, 0.3) is 0 Å². The van der Waals surface area contributed by atoms with Crippen LogP contribution in [0.2, 0.25) is 0 Å². The number of para-hydroxylation sites is 1. The number of benzene rings is 2. The van der Waals surface area contributed by atoms with Crippen LogP contribution in [0.3, 0.4) is 0 Å². The molecule has 3 N–H and O–H groups in total. The summed E-state index contributed by atoms with van der Waals surface area (Å²) in [7, 11) is 0. The molecule has 1 atom stereocenters. The van der Waals surface area contributed by atoms with Gasteiger partial charge in [0.2, 0.25) is 5.91 Å². The normalized spacial score (nSPS) is 12.1. The molecule has 27 heavy (non-hydrogen) atoms. The largest absolute Gasteiger partial charge is 0.454 e. The molecule has 144 valence electrons. The van der Waals surface area contributed by atoms with Gasteiger partial charge in [-0.1, -0.05) is 18.2 Å². The van der Waals surface area contributed by atoms with E-state index in [1.165, 1.54) is 0 Å². The van der Waals surface area contributed by atoms with Crippen molar-refractivity contribution in [3.63, 3.8) is 0 Å². The molecule has 0 aliphatic heterocycles. The van der Waals surface area contributed by atoms with Gasteiger partial charge in [0.15, 0.2) is 0 Å². The van der Waals surface area contributed by atoms with E-state index in [0.717, 1.165) is 5.56 Å². The SMILES string of the molecule is Cc1ccccc1OC(CC(=O)NC(C)(C)C)OC(=O)c1ccc(N)cc1. The van der Waals surface area contributed by atoms with E-state index in [0.29, 0.717) is 17.0 Å². The van der Waals surface area contributed by atoms with Crippen LogP contribution in [0.1, 0.15) is 43.1 Å². The molecule has 2 aromatic carbocycles. The van der Waals surface area contributed by atoms with E-state index in [2.05, 4.69) is 5.32 Å². The van der Waals surface area contributed by atoms with E-state index < -0.39 is 17.8 Å². The highest BCUT2D eigenvalue weighted by Crippen LogP contribution is 2.20. The second kappa shape index (κ2) is 8.58. The van der Waals surface area contributed by atoms with Crippen LogP contribution < -0.4 is 15.8 Å². The minimum atomic E-state index is -1.06. The molecule has 2 rings (SSSR count). The maximum absolute atomic E-state index is 12.4. The highest BCUT2D eigenvalue weighted by Gasteiger charge is 2.24. The van der Waals surface area contributed by atoms with Gasteiger partial charge in [0.05, 0.1) is 5.56 Å². The Hall–Kier alpha value is -3.02. The van der Waals surface area contributed by atoms with Gasteiger partial charge < -0.3 is 20.5 Å². The molecular weight excluding hydrogens is 344 g/mol. The van der Waals surface area contributed by atoms with E-state index in [-0.39, 0.29) is 12.3 Å². The lowest BCUT2D eigenvalue weighted by molar-refractivity contribution is -0.129. The average molecular weight is 370 g/mol. The van der Waals surface area contributed by atoms with Crippen molar-refractivity contribution in [2.45, 2.75) is 45.9 Å². The Morgan fingerprint density at radius 1 is 1.07 bits per heavy atom. The summed E-state index contributed by atoms with van der Waals surface area (Å²) in [6, 6.07) is 13.7. The van der Waals surface area contributed by atoms with Crippen molar-refractivity contribution in [3.05, 3.63) is 59.7 Å². The number of carbonyl (C=O) groups excluding carboxylic acids is 2. The Morgan fingerprint density at radius 2 is 1.70 bits per heavy atom. The van der Waals surface area contributed by atoms with E-state index in [1.807, 2.05) is 45.9 Å². The molecule has 0 aromatic heterocycles. The smallest absolute Gasteiger partial charge is 0.341 e. The second-order valence-corrected chi connectivity index (χ2v) is 7.34. The lowest BCUT2D eigenvalue weighted by Crippen LogP contribution is -2.43. The Bertz CT molecular complexity index is 795. The lowest BCUT2D eigenvalue weighted by atomic mass is 10.1. The van der Waals surface area contributed by atoms with E-state index in [9.17, 15) is 9.59 Å². The van der Waals surface area contributed by atoms with Crippen LogP contribution in [-0.4, -0.2) is 23.7 Å². The third kappa shape index (κ3) is 6.66. The molecule has 6 heteroatoms. The number of nitrogens with two attached hydrogens (primary N) is 1. The number of esters is 1. The van der Waals surface area contributed by atoms with Crippen LogP contribution in [0.15, 0.2) is 48.5 Å². The predicted octanol–water partition coefficient (Wildman–Crippen LogP) is 3.44. The predicted molar refractivity (Wildman–Crippen MR) is 104 cm³/mol. The minimum Gasteiger partial charge on any atom is -0.454 e. The number of ether oxygens (including phenoxy) is 2. The maximum Gasteiger partial charge on any atom is 0.341 e. The Kier molecular flexibility index (Phi) is 6.45. The summed E-state index contributed by atoms with van der Waals surface area (Å²) in [6.07, 6.45) is -1.18. The van der Waals surface area contributed by atoms with Crippen LogP contribution in [0, 0.1) is 6.92 Å². The molecule has 0 bridgehead atoms. The number of carbonyl (C=O) groups is 2. The molecular formula is C21H26N2O4. The summed E-state index contributed by atoms with van der Waals surface area (Å²) < 4.78 is 11.3. The zero-order chi connectivity index (χ0) is 20.0. The lowest BCUT2D eigenvalue weighted by Gasteiger charge is -2.24. The average Bonchev–Trinajstić information content (AvgIpc) is 2.55. The Labute approximate surface area is 159 Å². The fraction of sp³-hybridized carbons (Fsp3) is 0.333. The van der Waals surface area contributed by atoms with Gasteiger partial charge >= 0.3 is 5.97 Å². The molecule has 0 saturated heterocycles. The standard InChI is InChI=1S/C21H26N2O4/c1-14-7-5-6-8-17(14)26-19(13-18(24)23-21(2,3)4)27-20(25)15-9-11-16(22)12-10-15/h5-12,19H,13,22H2,1-4H3,(H,23,24). The Balaban J connectivity index is 2.15. The van der Waals surface area contributed by atoms with Crippen LogP contribution in [0.4, 0.5) is 5.69 Å². The first-order valence-electron chi connectivity index (χ1n) is 8.74. The van der Waals surface area contributed by atoms with Gasteiger partial charge in [-0.3, -0.25) is 4.79 Å². The summed E-state index contributed by atoms with van der Waals surface area (Å²) in [5.74, 6) is -0.306. The summed E-state index contributed by atoms with van der Waals surface area (Å²) >= 11 is 0. The zero-order valence-corrected chi connectivity index (χ0v) is 16.1. The fourth-order valence-electron chi connectivity index (χ4n) is 2.36. The van der Waals surface area contributed by atoms with E-state index in [4.69, 9.17) is 15.2 Å². The van der Waals surface area contributed by atoms with Crippen molar-refractivity contribution in [3.8, 4) is 5.75 Å². The number of hydrogen-bond acceptors (Lipinski definition) is 5. The number of anilines is 1. The first-order valence-corrected chi connectivity index (χ1v) is 8.74. The molecule has 2 aromatic rings. The number of nitrogen functional groups attached to an aromatic ring is 1. The van der Waals surface area contributed by atoms with Crippen molar-refractivity contribution in [1.82, 2.24) is 5.32 Å². The zero-order valence-electron chi connectivity index (χ0n) is 16.1. The molecule has 1 amide bonds. The highest BCUT2D eigenvalue weighted by molar-refractivity contribution is 5.90. The van der Waals surface area contributed by atoms with Crippen LogP contribution in [-0.2, 0) is 9.53 Å². The highest BCUT2D eigenvalue weighted by atomic mass is 16.7. The fourth-order valence-corrected chi connectivity index (χ4v) is 2.36. The number of amides is 1. The number of nitrogens with one attached hydrogen (secondary N) is 1. The summed E-state index contributed by atoms with van der Waals surface area (Å²) in [4.78, 5) is 24.7. The summed E-state index contributed by atoms with van der Waals surface area (Å²) in [5, 5.41) is 2.84. The molecule has 0 aliphatic rings. The molecule has 0 radical (unpaired) electrons. The molecule has 6 nitrogen and oxygen atoms in total.